The minimum absolute atomic E-state index is 0.497. The molecule has 2 N–H and O–H groups in total. The number of benzene rings is 2. The van der Waals surface area contributed by atoms with Crippen LogP contribution < -0.4 is 24.8 Å². The quantitative estimate of drug-likeness (QED) is 0.420. The van der Waals surface area contributed by atoms with Crippen LogP contribution in [0.5, 0.6) is 17.2 Å². The highest BCUT2D eigenvalue weighted by Gasteiger charge is 2.05. The molecule has 0 aliphatic carbocycles. The maximum atomic E-state index is 5.93. The summed E-state index contributed by atoms with van der Waals surface area (Å²) in [7, 11) is 4.96. The lowest BCUT2D eigenvalue weighted by atomic mass is 10.2. The number of nitrogens with zero attached hydrogens (tertiary/aromatic N) is 1. The highest BCUT2D eigenvalue weighted by Crippen LogP contribution is 2.27. The van der Waals surface area contributed by atoms with Gasteiger partial charge in [-0.3, -0.25) is 4.99 Å². The molecular formula is C19H24ClN3O3. The Morgan fingerprint density at radius 3 is 2.54 bits per heavy atom. The molecule has 2 rings (SSSR count). The second-order valence-electron chi connectivity index (χ2n) is 5.35. The number of ether oxygens (including phenoxy) is 3. The topological polar surface area (TPSA) is 64.1 Å². The number of hydrogen-bond acceptors (Lipinski definition) is 4. The van der Waals surface area contributed by atoms with Crippen LogP contribution in [0.1, 0.15) is 5.56 Å². The molecule has 26 heavy (non-hydrogen) atoms. The Kier molecular flexibility index (Phi) is 7.89. The number of rotatable bonds is 8. The second-order valence-corrected chi connectivity index (χ2v) is 5.78. The second kappa shape index (κ2) is 10.4. The van der Waals surface area contributed by atoms with E-state index < -0.39 is 0 Å². The number of aliphatic imine (C=N–C) groups is 1. The average Bonchev–Trinajstić information content (AvgIpc) is 2.67. The molecule has 0 aromatic heterocycles. The maximum Gasteiger partial charge on any atom is 0.191 e. The summed E-state index contributed by atoms with van der Waals surface area (Å²) in [4.78, 5) is 4.20. The molecule has 0 atom stereocenters. The van der Waals surface area contributed by atoms with E-state index in [2.05, 4.69) is 15.6 Å². The van der Waals surface area contributed by atoms with Gasteiger partial charge in [0, 0.05) is 18.6 Å². The van der Waals surface area contributed by atoms with Crippen molar-refractivity contribution in [1.29, 1.82) is 0 Å². The summed E-state index contributed by atoms with van der Waals surface area (Å²) in [5.74, 6) is 2.84. The Balaban J connectivity index is 1.77. The first-order valence-corrected chi connectivity index (χ1v) is 8.58. The van der Waals surface area contributed by atoms with E-state index in [0.717, 1.165) is 11.3 Å². The molecule has 6 nitrogen and oxygen atoms in total. The summed E-state index contributed by atoms with van der Waals surface area (Å²) < 4.78 is 16.2. The summed E-state index contributed by atoms with van der Waals surface area (Å²) in [6.07, 6.45) is 0. The van der Waals surface area contributed by atoms with E-state index in [-0.39, 0.29) is 0 Å². The molecule has 0 spiro atoms. The third-order valence-corrected chi connectivity index (χ3v) is 3.83. The lowest BCUT2D eigenvalue weighted by molar-refractivity contribution is 0.322. The molecule has 0 amide bonds. The van der Waals surface area contributed by atoms with Crippen LogP contribution in [0.15, 0.2) is 47.5 Å². The van der Waals surface area contributed by atoms with Gasteiger partial charge < -0.3 is 24.8 Å². The lowest BCUT2D eigenvalue weighted by Gasteiger charge is -2.14. The van der Waals surface area contributed by atoms with Crippen molar-refractivity contribution >= 4 is 17.6 Å². The van der Waals surface area contributed by atoms with Crippen LogP contribution >= 0.6 is 11.6 Å². The van der Waals surface area contributed by atoms with E-state index in [1.54, 1.807) is 27.3 Å². The van der Waals surface area contributed by atoms with Crippen LogP contribution in [-0.2, 0) is 6.54 Å². The highest BCUT2D eigenvalue weighted by atomic mass is 35.5. The predicted octanol–water partition coefficient (Wildman–Crippen LogP) is 3.10. The van der Waals surface area contributed by atoms with E-state index in [1.165, 1.54) is 0 Å². The predicted molar refractivity (Wildman–Crippen MR) is 105 cm³/mol. The van der Waals surface area contributed by atoms with Crippen molar-refractivity contribution in [3.63, 3.8) is 0 Å². The molecule has 0 saturated heterocycles. The fraction of sp³-hybridized carbons (Fsp3) is 0.316. The monoisotopic (exact) mass is 377 g/mol. The standard InChI is InChI=1S/C19H24ClN3O3/c1-21-19(22-9-10-26-16-6-4-5-15(20)12-16)23-13-14-7-8-17(24-2)18(11-14)25-3/h4-8,11-12H,9-10,13H2,1-3H3,(H2,21,22,23). The van der Waals surface area contributed by atoms with Crippen LogP contribution in [0.4, 0.5) is 0 Å². The molecule has 0 bridgehead atoms. The van der Waals surface area contributed by atoms with Crippen LogP contribution in [0.3, 0.4) is 0 Å². The van der Waals surface area contributed by atoms with Crippen molar-refractivity contribution in [2.24, 2.45) is 4.99 Å². The first-order valence-electron chi connectivity index (χ1n) is 8.20. The fourth-order valence-electron chi connectivity index (χ4n) is 2.29. The van der Waals surface area contributed by atoms with Gasteiger partial charge in [0.05, 0.1) is 20.8 Å². The Morgan fingerprint density at radius 2 is 1.85 bits per heavy atom. The van der Waals surface area contributed by atoms with Crippen LogP contribution in [0.2, 0.25) is 5.02 Å². The molecule has 0 aliphatic heterocycles. The summed E-state index contributed by atoms with van der Waals surface area (Å²) in [6.45, 7) is 1.71. The van der Waals surface area contributed by atoms with Crippen molar-refractivity contribution in [3.8, 4) is 17.2 Å². The SMILES string of the molecule is CN=C(NCCOc1cccc(Cl)c1)NCc1ccc(OC)c(OC)c1. The van der Waals surface area contributed by atoms with E-state index in [0.29, 0.717) is 42.2 Å². The molecule has 7 heteroatoms. The first-order chi connectivity index (χ1) is 12.7. The van der Waals surface area contributed by atoms with E-state index in [9.17, 15) is 0 Å². The van der Waals surface area contributed by atoms with Gasteiger partial charge in [-0.25, -0.2) is 0 Å². The Labute approximate surface area is 159 Å². The molecule has 0 aliphatic rings. The zero-order valence-electron chi connectivity index (χ0n) is 15.2. The first kappa shape index (κ1) is 19.7. The summed E-state index contributed by atoms with van der Waals surface area (Å²) in [5, 5.41) is 7.10. The van der Waals surface area contributed by atoms with Crippen molar-refractivity contribution in [2.75, 3.05) is 34.4 Å². The Bertz CT molecular complexity index is 738. The largest absolute Gasteiger partial charge is 0.493 e. The summed E-state index contributed by atoms with van der Waals surface area (Å²) in [6, 6.07) is 13.1. The van der Waals surface area contributed by atoms with Crippen molar-refractivity contribution < 1.29 is 14.2 Å². The van der Waals surface area contributed by atoms with Gasteiger partial charge in [-0.2, -0.15) is 0 Å². The van der Waals surface area contributed by atoms with Gasteiger partial charge in [-0.1, -0.05) is 23.7 Å². The normalized spacial score (nSPS) is 11.0. The van der Waals surface area contributed by atoms with Gasteiger partial charge in [0.25, 0.3) is 0 Å². The highest BCUT2D eigenvalue weighted by molar-refractivity contribution is 6.30. The van der Waals surface area contributed by atoms with Crippen LogP contribution in [0.25, 0.3) is 0 Å². The maximum absolute atomic E-state index is 5.93. The molecule has 0 fully saturated rings. The molecular weight excluding hydrogens is 354 g/mol. The molecule has 2 aromatic carbocycles. The van der Waals surface area contributed by atoms with Gasteiger partial charge in [-0.15, -0.1) is 0 Å². The van der Waals surface area contributed by atoms with Gasteiger partial charge >= 0.3 is 0 Å². The smallest absolute Gasteiger partial charge is 0.191 e. The molecule has 0 radical (unpaired) electrons. The Morgan fingerprint density at radius 1 is 1.04 bits per heavy atom. The van der Waals surface area contributed by atoms with Crippen molar-refractivity contribution in [3.05, 3.63) is 53.1 Å². The number of guanidine groups is 1. The zero-order chi connectivity index (χ0) is 18.8. The molecule has 0 unspecified atom stereocenters. The Hall–Kier alpha value is -2.60. The van der Waals surface area contributed by atoms with Gasteiger partial charge in [-0.05, 0) is 35.9 Å². The molecule has 0 heterocycles. The number of nitrogens with one attached hydrogen (secondary N) is 2. The molecule has 140 valence electrons. The molecule has 2 aromatic rings. The van der Waals surface area contributed by atoms with Crippen LogP contribution in [0, 0.1) is 0 Å². The summed E-state index contributed by atoms with van der Waals surface area (Å²) in [5.41, 5.74) is 1.06. The number of hydrogen-bond donors (Lipinski definition) is 2. The number of methoxy groups -OCH3 is 2. The van der Waals surface area contributed by atoms with E-state index >= 15 is 0 Å². The van der Waals surface area contributed by atoms with E-state index in [4.69, 9.17) is 25.8 Å². The minimum Gasteiger partial charge on any atom is -0.493 e. The average molecular weight is 378 g/mol. The van der Waals surface area contributed by atoms with Crippen LogP contribution in [-0.4, -0.2) is 40.4 Å². The fourth-order valence-corrected chi connectivity index (χ4v) is 2.47. The number of halogens is 1. The van der Waals surface area contributed by atoms with Crippen molar-refractivity contribution in [2.45, 2.75) is 6.54 Å². The van der Waals surface area contributed by atoms with Gasteiger partial charge in [0.2, 0.25) is 0 Å². The third-order valence-electron chi connectivity index (χ3n) is 3.59. The lowest BCUT2D eigenvalue weighted by Crippen LogP contribution is -2.38. The minimum atomic E-state index is 0.497. The molecule has 0 saturated carbocycles. The zero-order valence-corrected chi connectivity index (χ0v) is 16.0. The van der Waals surface area contributed by atoms with Gasteiger partial charge in [0.1, 0.15) is 12.4 Å². The summed E-state index contributed by atoms with van der Waals surface area (Å²) >= 11 is 5.93. The third kappa shape index (κ3) is 6.04. The van der Waals surface area contributed by atoms with Gasteiger partial charge in [0.15, 0.2) is 17.5 Å². The van der Waals surface area contributed by atoms with E-state index in [1.807, 2.05) is 36.4 Å². The van der Waals surface area contributed by atoms with Crippen molar-refractivity contribution in [1.82, 2.24) is 10.6 Å².